The molecule has 1 aliphatic rings. The van der Waals surface area contributed by atoms with E-state index in [0.717, 1.165) is 5.56 Å². The van der Waals surface area contributed by atoms with Crippen molar-refractivity contribution in [3.8, 4) is 6.07 Å². The van der Waals surface area contributed by atoms with Crippen LogP contribution in [0.1, 0.15) is 18.9 Å². The maximum atomic E-state index is 13.4. The third-order valence-corrected chi connectivity index (χ3v) is 5.72. The molecule has 1 N–H and O–H groups in total. The second kappa shape index (κ2) is 11.5. The van der Waals surface area contributed by atoms with E-state index in [1.165, 1.54) is 4.90 Å². The van der Waals surface area contributed by atoms with Crippen molar-refractivity contribution in [1.29, 1.82) is 5.26 Å². The number of ether oxygens (including phenoxy) is 1. The van der Waals surface area contributed by atoms with Crippen LogP contribution in [0.4, 0.5) is 10.5 Å². The maximum absolute atomic E-state index is 13.4. The van der Waals surface area contributed by atoms with Gasteiger partial charge < -0.3 is 15.0 Å². The zero-order valence-electron chi connectivity index (χ0n) is 18.0. The van der Waals surface area contributed by atoms with E-state index in [2.05, 4.69) is 11.4 Å². The molecule has 32 heavy (non-hydrogen) atoms. The van der Waals surface area contributed by atoms with Crippen LogP contribution in [0.3, 0.4) is 0 Å². The zero-order chi connectivity index (χ0) is 22.9. The Hall–Kier alpha value is -3.08. The molecule has 0 aliphatic carbocycles. The molecule has 0 spiro atoms. The second-order valence-electron chi connectivity index (χ2n) is 7.59. The van der Waals surface area contributed by atoms with Crippen molar-refractivity contribution in [2.45, 2.75) is 31.8 Å². The largest absolute Gasteiger partial charge is 0.378 e. The Bertz CT molecular complexity index is 957. The first-order valence-corrected chi connectivity index (χ1v) is 11.0. The number of amides is 3. The van der Waals surface area contributed by atoms with Crippen LogP contribution in [0.2, 0.25) is 5.02 Å². The van der Waals surface area contributed by atoms with Gasteiger partial charge in [-0.3, -0.25) is 9.69 Å². The highest BCUT2D eigenvalue weighted by molar-refractivity contribution is 6.34. The molecule has 0 unspecified atom stereocenters. The van der Waals surface area contributed by atoms with Crippen LogP contribution in [0.25, 0.3) is 0 Å². The molecule has 2 aromatic carbocycles. The first kappa shape index (κ1) is 23.6. The molecule has 3 amide bonds. The van der Waals surface area contributed by atoms with Gasteiger partial charge in [0.1, 0.15) is 12.1 Å². The van der Waals surface area contributed by atoms with Crippen molar-refractivity contribution < 1.29 is 14.3 Å². The number of nitriles is 1. The van der Waals surface area contributed by atoms with Crippen molar-refractivity contribution in [2.75, 3.05) is 31.2 Å². The number of nitrogens with one attached hydrogen (secondary N) is 1. The molecular formula is C24H27ClN4O3. The summed E-state index contributed by atoms with van der Waals surface area (Å²) in [5.41, 5.74) is 1.54. The van der Waals surface area contributed by atoms with Gasteiger partial charge in [0.15, 0.2) is 0 Å². The van der Waals surface area contributed by atoms with Crippen molar-refractivity contribution in [3.63, 3.8) is 0 Å². The minimum absolute atomic E-state index is 0.318. The zero-order valence-corrected chi connectivity index (χ0v) is 18.8. The lowest BCUT2D eigenvalue weighted by Crippen LogP contribution is -2.56. The van der Waals surface area contributed by atoms with Crippen LogP contribution < -0.4 is 10.2 Å². The number of anilines is 1. The predicted octanol–water partition coefficient (Wildman–Crippen LogP) is 3.63. The van der Waals surface area contributed by atoms with E-state index in [1.54, 1.807) is 36.1 Å². The number of hydrogen-bond acceptors (Lipinski definition) is 4. The number of hydrogen-bond donors (Lipinski definition) is 1. The number of morpholine rings is 1. The average Bonchev–Trinajstić information content (AvgIpc) is 2.84. The summed E-state index contributed by atoms with van der Waals surface area (Å²) in [6, 6.07) is 17.0. The number of nitrogens with zero attached hydrogens (tertiary/aromatic N) is 3. The molecule has 3 rings (SSSR count). The van der Waals surface area contributed by atoms with E-state index in [9.17, 15) is 14.9 Å². The van der Waals surface area contributed by atoms with E-state index in [4.69, 9.17) is 16.3 Å². The Balaban J connectivity index is 1.74. The lowest BCUT2D eigenvalue weighted by molar-refractivity contribution is -0.122. The summed E-state index contributed by atoms with van der Waals surface area (Å²) in [6.07, 6.45) is 1.14. The third kappa shape index (κ3) is 6.00. The molecule has 2 atom stereocenters. The lowest BCUT2D eigenvalue weighted by atomic mass is 10.1. The van der Waals surface area contributed by atoms with E-state index >= 15 is 0 Å². The van der Waals surface area contributed by atoms with Gasteiger partial charge in [-0.2, -0.15) is 5.26 Å². The number of benzene rings is 2. The highest BCUT2D eigenvalue weighted by Gasteiger charge is 2.33. The van der Waals surface area contributed by atoms with Gasteiger partial charge in [-0.05, 0) is 37.5 Å². The van der Waals surface area contributed by atoms with Crippen LogP contribution >= 0.6 is 11.6 Å². The van der Waals surface area contributed by atoms with Crippen molar-refractivity contribution >= 4 is 29.2 Å². The van der Waals surface area contributed by atoms with Gasteiger partial charge in [0.2, 0.25) is 5.91 Å². The fourth-order valence-electron chi connectivity index (χ4n) is 3.57. The highest BCUT2D eigenvalue weighted by atomic mass is 35.5. The quantitative estimate of drug-likeness (QED) is 0.692. The monoisotopic (exact) mass is 454 g/mol. The number of carbonyl (C=O) groups is 2. The summed E-state index contributed by atoms with van der Waals surface area (Å²) in [4.78, 5) is 29.5. The average molecular weight is 455 g/mol. The summed E-state index contributed by atoms with van der Waals surface area (Å²) >= 11 is 6.38. The summed E-state index contributed by atoms with van der Waals surface area (Å²) in [7, 11) is 0. The molecular weight excluding hydrogens is 428 g/mol. The van der Waals surface area contributed by atoms with Gasteiger partial charge in [-0.1, -0.05) is 54.1 Å². The van der Waals surface area contributed by atoms with E-state index in [0.29, 0.717) is 49.9 Å². The number of rotatable bonds is 7. The van der Waals surface area contributed by atoms with Gasteiger partial charge in [-0.25, -0.2) is 4.79 Å². The Labute approximate surface area is 193 Å². The van der Waals surface area contributed by atoms with Gasteiger partial charge in [0.05, 0.1) is 30.0 Å². The fraction of sp³-hybridized carbons (Fsp3) is 0.375. The molecule has 1 saturated heterocycles. The van der Waals surface area contributed by atoms with Crippen molar-refractivity contribution in [2.24, 2.45) is 0 Å². The molecule has 8 heteroatoms. The SMILES string of the molecule is C[C@@H](C(=O)N[C@H](C#N)CCc1ccccc1)N(C(=O)N1CCOCC1)c1ccccc1Cl. The maximum Gasteiger partial charge on any atom is 0.325 e. The van der Waals surface area contributed by atoms with Crippen molar-refractivity contribution in [1.82, 2.24) is 10.2 Å². The molecule has 1 fully saturated rings. The summed E-state index contributed by atoms with van der Waals surface area (Å²) in [6.45, 7) is 3.40. The molecule has 0 radical (unpaired) electrons. The van der Waals surface area contributed by atoms with Gasteiger partial charge in [0, 0.05) is 13.1 Å². The fourth-order valence-corrected chi connectivity index (χ4v) is 3.79. The van der Waals surface area contributed by atoms with Crippen LogP contribution in [-0.4, -0.2) is 55.2 Å². The van der Waals surface area contributed by atoms with E-state index < -0.39 is 18.0 Å². The summed E-state index contributed by atoms with van der Waals surface area (Å²) in [5.74, 6) is -0.411. The normalized spacial score (nSPS) is 15.3. The first-order chi connectivity index (χ1) is 15.5. The van der Waals surface area contributed by atoms with Crippen LogP contribution in [0, 0.1) is 11.3 Å². The van der Waals surface area contributed by atoms with Gasteiger partial charge in [-0.15, -0.1) is 0 Å². The molecule has 1 aliphatic heterocycles. The molecule has 2 aromatic rings. The molecule has 7 nitrogen and oxygen atoms in total. The molecule has 0 bridgehead atoms. The molecule has 0 saturated carbocycles. The van der Waals surface area contributed by atoms with Crippen LogP contribution in [-0.2, 0) is 16.0 Å². The van der Waals surface area contributed by atoms with Crippen molar-refractivity contribution in [3.05, 3.63) is 65.2 Å². The lowest BCUT2D eigenvalue weighted by Gasteiger charge is -2.36. The van der Waals surface area contributed by atoms with Gasteiger partial charge >= 0.3 is 6.03 Å². The van der Waals surface area contributed by atoms with E-state index in [1.807, 2.05) is 30.3 Å². The number of carbonyl (C=O) groups excluding carboxylic acids is 2. The number of aryl methyl sites for hydroxylation is 1. The number of para-hydroxylation sites is 1. The Kier molecular flexibility index (Phi) is 8.48. The van der Waals surface area contributed by atoms with E-state index in [-0.39, 0.29) is 6.03 Å². The van der Waals surface area contributed by atoms with Crippen LogP contribution in [0.15, 0.2) is 54.6 Å². The van der Waals surface area contributed by atoms with Crippen LogP contribution in [0.5, 0.6) is 0 Å². The molecule has 168 valence electrons. The molecule has 1 heterocycles. The highest BCUT2D eigenvalue weighted by Crippen LogP contribution is 2.28. The number of urea groups is 1. The summed E-state index contributed by atoms with van der Waals surface area (Å²) in [5, 5.41) is 12.7. The first-order valence-electron chi connectivity index (χ1n) is 10.7. The minimum Gasteiger partial charge on any atom is -0.378 e. The second-order valence-corrected chi connectivity index (χ2v) is 8.00. The summed E-state index contributed by atoms with van der Waals surface area (Å²) < 4.78 is 5.34. The molecule has 0 aromatic heterocycles. The topological polar surface area (TPSA) is 85.7 Å². The minimum atomic E-state index is -0.863. The Morgan fingerprint density at radius 1 is 1.16 bits per heavy atom. The third-order valence-electron chi connectivity index (χ3n) is 5.40. The predicted molar refractivity (Wildman–Crippen MR) is 123 cm³/mol. The Morgan fingerprint density at radius 3 is 2.47 bits per heavy atom. The smallest absolute Gasteiger partial charge is 0.325 e. The number of halogens is 1. The Morgan fingerprint density at radius 2 is 1.81 bits per heavy atom. The van der Waals surface area contributed by atoms with Gasteiger partial charge in [0.25, 0.3) is 0 Å². The standard InChI is InChI=1S/C24H27ClN4O3/c1-18(23(30)27-20(17-26)12-11-19-7-3-2-4-8-19)29(22-10-6-5-9-21(22)25)24(31)28-13-15-32-16-14-28/h2-10,18,20H,11-16H2,1H3,(H,27,30)/t18-,20-/m0/s1.